The van der Waals surface area contributed by atoms with Gasteiger partial charge in [0.1, 0.15) is 18.7 Å². The number of hydrogen-bond donors (Lipinski definition) is 1. The van der Waals surface area contributed by atoms with Gasteiger partial charge in [0.15, 0.2) is 0 Å². The lowest BCUT2D eigenvalue weighted by atomic mass is 9.76. The third-order valence-electron chi connectivity index (χ3n) is 5.94. The largest absolute Gasteiger partial charge is 0.480 e. The third-order valence-corrected chi connectivity index (χ3v) is 5.94. The van der Waals surface area contributed by atoms with Crippen molar-refractivity contribution in [3.63, 3.8) is 0 Å². The van der Waals surface area contributed by atoms with Crippen LogP contribution in [0.15, 0.2) is 36.9 Å². The van der Waals surface area contributed by atoms with Crippen molar-refractivity contribution in [2.75, 3.05) is 26.7 Å². The van der Waals surface area contributed by atoms with Crippen molar-refractivity contribution in [1.82, 2.24) is 24.6 Å². The number of hydrogen-bond acceptors (Lipinski definition) is 5. The van der Waals surface area contributed by atoms with Gasteiger partial charge in [0.2, 0.25) is 0 Å². The van der Waals surface area contributed by atoms with Gasteiger partial charge in [0.05, 0.1) is 11.3 Å². The first-order chi connectivity index (χ1) is 13.0. The molecule has 1 atom stereocenters. The van der Waals surface area contributed by atoms with Crippen LogP contribution in [0.25, 0.3) is 5.69 Å². The maximum atomic E-state index is 13.1. The highest BCUT2D eigenvalue weighted by Gasteiger charge is 2.47. The number of carbonyl (C=O) groups is 2. The van der Waals surface area contributed by atoms with Crippen molar-refractivity contribution in [1.29, 1.82) is 0 Å². The Kier molecular flexibility index (Phi) is 4.43. The van der Waals surface area contributed by atoms with E-state index in [1.807, 2.05) is 41.1 Å². The fraction of sp³-hybridized carbons (Fsp3) is 0.474. The molecule has 0 aliphatic carbocycles. The predicted octanol–water partition coefficient (Wildman–Crippen LogP) is 1.28. The summed E-state index contributed by atoms with van der Waals surface area (Å²) < 4.78 is 1.60. The van der Waals surface area contributed by atoms with E-state index in [9.17, 15) is 14.7 Å². The molecule has 2 aromatic rings. The lowest BCUT2D eigenvalue weighted by Crippen LogP contribution is -2.44. The lowest BCUT2D eigenvalue weighted by molar-refractivity contribution is -0.141. The number of carboxylic acids is 1. The number of benzene rings is 1. The van der Waals surface area contributed by atoms with Crippen molar-refractivity contribution in [2.45, 2.75) is 25.3 Å². The van der Waals surface area contributed by atoms with Crippen molar-refractivity contribution >= 4 is 11.9 Å². The molecule has 1 aromatic carbocycles. The number of likely N-dealkylation sites (N-methyl/N-ethyl adjacent to an activating group) is 1. The Morgan fingerprint density at radius 3 is 2.59 bits per heavy atom. The minimum Gasteiger partial charge on any atom is -0.480 e. The number of rotatable bonds is 3. The van der Waals surface area contributed by atoms with Crippen LogP contribution in [0.2, 0.25) is 0 Å². The smallest absolute Gasteiger partial charge is 0.320 e. The standard InChI is InChI=1S/C19H23N5O3/c1-22-11-19(10-16(22)18(26)27)6-8-23(9-7-19)17(25)14-4-2-3-5-15(14)24-13-20-12-21-24/h2-5,12-13,16H,6-11H2,1H3,(H,26,27)/t16-/m0/s1. The molecule has 1 amide bonds. The van der Waals surface area contributed by atoms with E-state index >= 15 is 0 Å². The quantitative estimate of drug-likeness (QED) is 0.876. The number of likely N-dealkylation sites (tertiary alicyclic amines) is 2. The van der Waals surface area contributed by atoms with Gasteiger partial charge < -0.3 is 10.0 Å². The summed E-state index contributed by atoms with van der Waals surface area (Å²) in [5.41, 5.74) is 1.32. The molecule has 0 bridgehead atoms. The van der Waals surface area contributed by atoms with E-state index in [2.05, 4.69) is 10.1 Å². The molecule has 2 aliphatic rings. The molecule has 2 aliphatic heterocycles. The molecule has 0 saturated carbocycles. The van der Waals surface area contributed by atoms with Gasteiger partial charge >= 0.3 is 5.97 Å². The van der Waals surface area contributed by atoms with Crippen molar-refractivity contribution < 1.29 is 14.7 Å². The summed E-state index contributed by atoms with van der Waals surface area (Å²) in [5, 5.41) is 13.5. The molecule has 8 nitrogen and oxygen atoms in total. The maximum Gasteiger partial charge on any atom is 0.320 e. The molecule has 1 N–H and O–H groups in total. The zero-order valence-corrected chi connectivity index (χ0v) is 15.3. The summed E-state index contributed by atoms with van der Waals surface area (Å²) in [4.78, 5) is 32.3. The van der Waals surface area contributed by atoms with E-state index in [0.717, 1.165) is 19.4 Å². The summed E-state index contributed by atoms with van der Waals surface area (Å²) in [6.45, 7) is 2.07. The third kappa shape index (κ3) is 3.21. The van der Waals surface area contributed by atoms with Crippen LogP contribution < -0.4 is 0 Å². The number of piperidine rings is 1. The molecule has 8 heteroatoms. The monoisotopic (exact) mass is 369 g/mol. The highest BCUT2D eigenvalue weighted by Crippen LogP contribution is 2.43. The second kappa shape index (κ2) is 6.77. The summed E-state index contributed by atoms with van der Waals surface area (Å²) in [7, 11) is 1.87. The Bertz CT molecular complexity index is 843. The summed E-state index contributed by atoms with van der Waals surface area (Å²) >= 11 is 0. The lowest BCUT2D eigenvalue weighted by Gasteiger charge is -2.39. The zero-order valence-electron chi connectivity index (χ0n) is 15.3. The van der Waals surface area contributed by atoms with E-state index in [1.54, 1.807) is 11.0 Å². The minimum absolute atomic E-state index is 0.00000799. The summed E-state index contributed by atoms with van der Waals surface area (Å²) in [5.74, 6) is -0.772. The summed E-state index contributed by atoms with van der Waals surface area (Å²) in [6.07, 6.45) is 5.35. The van der Waals surface area contributed by atoms with Gasteiger partial charge in [-0.05, 0) is 43.9 Å². The topological polar surface area (TPSA) is 91.6 Å². The van der Waals surface area contributed by atoms with Crippen LogP contribution in [-0.2, 0) is 4.79 Å². The van der Waals surface area contributed by atoms with Gasteiger partial charge in [-0.25, -0.2) is 9.67 Å². The maximum absolute atomic E-state index is 13.1. The Hall–Kier alpha value is -2.74. The first kappa shape index (κ1) is 17.7. The molecule has 0 radical (unpaired) electrons. The van der Waals surface area contributed by atoms with Gasteiger partial charge in [-0.15, -0.1) is 0 Å². The van der Waals surface area contributed by atoms with E-state index in [-0.39, 0.29) is 11.3 Å². The normalized spacial score (nSPS) is 22.3. The molecule has 27 heavy (non-hydrogen) atoms. The van der Waals surface area contributed by atoms with Crippen LogP contribution in [0, 0.1) is 5.41 Å². The van der Waals surface area contributed by atoms with Crippen LogP contribution in [0.4, 0.5) is 0 Å². The van der Waals surface area contributed by atoms with E-state index in [4.69, 9.17) is 0 Å². The number of para-hydroxylation sites is 1. The van der Waals surface area contributed by atoms with E-state index in [1.165, 1.54) is 6.33 Å². The Labute approximate surface area is 157 Å². The fourth-order valence-electron chi connectivity index (χ4n) is 4.45. The van der Waals surface area contributed by atoms with Gasteiger partial charge in [-0.2, -0.15) is 5.10 Å². The van der Waals surface area contributed by atoms with Crippen molar-refractivity contribution in [2.24, 2.45) is 5.41 Å². The average Bonchev–Trinajstić information content (AvgIpc) is 3.30. The Balaban J connectivity index is 1.48. The molecule has 142 valence electrons. The number of aliphatic carboxylic acids is 1. The second-order valence-corrected chi connectivity index (χ2v) is 7.62. The van der Waals surface area contributed by atoms with Crippen LogP contribution in [0.1, 0.15) is 29.6 Å². The second-order valence-electron chi connectivity index (χ2n) is 7.62. The highest BCUT2D eigenvalue weighted by atomic mass is 16.4. The molecule has 1 aromatic heterocycles. The van der Waals surface area contributed by atoms with E-state index in [0.29, 0.717) is 30.8 Å². The summed E-state index contributed by atoms with van der Waals surface area (Å²) in [6, 6.07) is 6.98. The molecule has 2 fully saturated rings. The Morgan fingerprint density at radius 2 is 1.96 bits per heavy atom. The van der Waals surface area contributed by atoms with E-state index < -0.39 is 12.0 Å². The Morgan fingerprint density at radius 1 is 1.22 bits per heavy atom. The molecule has 4 rings (SSSR count). The van der Waals surface area contributed by atoms with Crippen LogP contribution in [-0.4, -0.2) is 74.3 Å². The molecule has 1 spiro atoms. The molecule has 3 heterocycles. The first-order valence-electron chi connectivity index (χ1n) is 9.15. The molecular weight excluding hydrogens is 346 g/mol. The SMILES string of the molecule is CN1CC2(CCN(C(=O)c3ccccc3-n3cncn3)CC2)C[C@H]1C(=O)O. The fourth-order valence-corrected chi connectivity index (χ4v) is 4.45. The number of nitrogens with zero attached hydrogens (tertiary/aromatic N) is 5. The van der Waals surface area contributed by atoms with Crippen LogP contribution in [0.5, 0.6) is 0 Å². The first-order valence-corrected chi connectivity index (χ1v) is 9.15. The number of aromatic nitrogens is 3. The number of carboxylic acid groups (broad SMARTS) is 1. The average molecular weight is 369 g/mol. The highest BCUT2D eigenvalue weighted by molar-refractivity contribution is 5.97. The van der Waals surface area contributed by atoms with Crippen molar-refractivity contribution in [3.8, 4) is 5.69 Å². The molecule has 2 saturated heterocycles. The minimum atomic E-state index is -0.755. The van der Waals surface area contributed by atoms with Crippen LogP contribution >= 0.6 is 0 Å². The van der Waals surface area contributed by atoms with Crippen molar-refractivity contribution in [3.05, 3.63) is 42.5 Å². The number of amides is 1. The molecule has 0 unspecified atom stereocenters. The van der Waals surface area contributed by atoms with Gasteiger partial charge in [0, 0.05) is 19.6 Å². The van der Waals surface area contributed by atoms with Gasteiger partial charge in [-0.1, -0.05) is 12.1 Å². The van der Waals surface area contributed by atoms with Gasteiger partial charge in [0.25, 0.3) is 5.91 Å². The van der Waals surface area contributed by atoms with Crippen LogP contribution in [0.3, 0.4) is 0 Å². The number of carbonyl (C=O) groups excluding carboxylic acids is 1. The predicted molar refractivity (Wildman–Crippen MR) is 97.6 cm³/mol. The zero-order chi connectivity index (χ0) is 19.0. The molecular formula is C19H23N5O3. The van der Waals surface area contributed by atoms with Gasteiger partial charge in [-0.3, -0.25) is 14.5 Å².